The quantitative estimate of drug-likeness (QED) is 0.669. The van der Waals surface area contributed by atoms with Crippen molar-refractivity contribution in [3.8, 4) is 0 Å². The van der Waals surface area contributed by atoms with Crippen molar-refractivity contribution in [2.24, 2.45) is 0 Å². The molecule has 0 radical (unpaired) electrons. The molecule has 0 atom stereocenters. The van der Waals surface area contributed by atoms with E-state index in [0.29, 0.717) is 12.1 Å². The number of thiazole rings is 1. The van der Waals surface area contributed by atoms with Gasteiger partial charge < -0.3 is 4.90 Å². The maximum absolute atomic E-state index is 13.2. The molecule has 26 heavy (non-hydrogen) atoms. The van der Waals surface area contributed by atoms with Crippen molar-refractivity contribution in [1.29, 1.82) is 0 Å². The SMILES string of the molecule is Cc1cccc(C(=O)N(CCN(C)C)c2nc3c(C)c(C)ccc3s2)c1. The summed E-state index contributed by atoms with van der Waals surface area (Å²) >= 11 is 1.58. The van der Waals surface area contributed by atoms with Gasteiger partial charge in [0.1, 0.15) is 0 Å². The number of carbonyl (C=O) groups is 1. The van der Waals surface area contributed by atoms with Gasteiger partial charge >= 0.3 is 0 Å². The highest BCUT2D eigenvalue weighted by molar-refractivity contribution is 7.22. The number of likely N-dealkylation sites (N-methyl/N-ethyl adjacent to an activating group) is 1. The van der Waals surface area contributed by atoms with E-state index >= 15 is 0 Å². The van der Waals surface area contributed by atoms with Gasteiger partial charge in [-0.2, -0.15) is 0 Å². The average molecular weight is 368 g/mol. The second-order valence-electron chi connectivity index (χ2n) is 6.98. The Morgan fingerprint density at radius 3 is 2.54 bits per heavy atom. The predicted molar refractivity (Wildman–Crippen MR) is 111 cm³/mol. The molecule has 2 aromatic carbocycles. The molecule has 0 aliphatic rings. The zero-order chi connectivity index (χ0) is 18.8. The van der Waals surface area contributed by atoms with Gasteiger partial charge in [0.15, 0.2) is 5.13 Å². The van der Waals surface area contributed by atoms with E-state index in [9.17, 15) is 4.79 Å². The summed E-state index contributed by atoms with van der Waals surface area (Å²) in [6, 6.07) is 12.0. The molecule has 0 saturated heterocycles. The highest BCUT2D eigenvalue weighted by atomic mass is 32.1. The van der Waals surface area contributed by atoms with Gasteiger partial charge in [-0.1, -0.05) is 35.1 Å². The minimum absolute atomic E-state index is 0.00369. The predicted octanol–water partition coefficient (Wildman–Crippen LogP) is 4.43. The van der Waals surface area contributed by atoms with Crippen molar-refractivity contribution in [3.63, 3.8) is 0 Å². The zero-order valence-corrected chi connectivity index (χ0v) is 16.9. The van der Waals surface area contributed by atoms with Crippen LogP contribution in [0.3, 0.4) is 0 Å². The van der Waals surface area contributed by atoms with E-state index in [1.54, 1.807) is 11.3 Å². The molecule has 0 N–H and O–H groups in total. The lowest BCUT2D eigenvalue weighted by molar-refractivity contribution is 0.0985. The Morgan fingerprint density at radius 1 is 1.08 bits per heavy atom. The molecule has 0 aliphatic carbocycles. The van der Waals surface area contributed by atoms with Gasteiger partial charge in [0.05, 0.1) is 10.2 Å². The summed E-state index contributed by atoms with van der Waals surface area (Å²) in [6.07, 6.45) is 0. The topological polar surface area (TPSA) is 36.4 Å². The van der Waals surface area contributed by atoms with Crippen LogP contribution >= 0.6 is 11.3 Å². The number of hydrogen-bond acceptors (Lipinski definition) is 4. The van der Waals surface area contributed by atoms with E-state index in [4.69, 9.17) is 4.98 Å². The number of aryl methyl sites for hydroxylation is 3. The maximum Gasteiger partial charge on any atom is 0.260 e. The van der Waals surface area contributed by atoms with Crippen LogP contribution in [-0.4, -0.2) is 43.0 Å². The van der Waals surface area contributed by atoms with E-state index in [-0.39, 0.29) is 5.91 Å². The van der Waals surface area contributed by atoms with Gasteiger partial charge in [0, 0.05) is 18.7 Å². The summed E-state index contributed by atoms with van der Waals surface area (Å²) in [6.45, 7) is 7.58. The molecule has 3 aromatic rings. The molecule has 4 nitrogen and oxygen atoms in total. The Labute approximate surface area is 159 Å². The van der Waals surface area contributed by atoms with Crippen molar-refractivity contribution in [2.45, 2.75) is 20.8 Å². The normalized spacial score (nSPS) is 11.3. The third kappa shape index (κ3) is 3.79. The van der Waals surface area contributed by atoms with Gasteiger partial charge in [-0.25, -0.2) is 4.98 Å². The second-order valence-corrected chi connectivity index (χ2v) is 7.99. The summed E-state index contributed by atoms with van der Waals surface area (Å²) in [5.74, 6) is 0.00369. The lowest BCUT2D eigenvalue weighted by atomic mass is 10.1. The van der Waals surface area contributed by atoms with E-state index < -0.39 is 0 Å². The third-order valence-electron chi connectivity index (χ3n) is 4.59. The fourth-order valence-electron chi connectivity index (χ4n) is 2.85. The molecular weight excluding hydrogens is 342 g/mol. The maximum atomic E-state index is 13.2. The van der Waals surface area contributed by atoms with Gasteiger partial charge in [0.25, 0.3) is 5.91 Å². The lowest BCUT2D eigenvalue weighted by Crippen LogP contribution is -2.36. The summed E-state index contributed by atoms with van der Waals surface area (Å²) in [4.78, 5) is 21.9. The Kier molecular flexibility index (Phi) is 5.39. The molecule has 0 unspecified atom stereocenters. The minimum Gasteiger partial charge on any atom is -0.308 e. The van der Waals surface area contributed by atoms with E-state index in [0.717, 1.165) is 27.5 Å². The van der Waals surface area contributed by atoms with Crippen LogP contribution < -0.4 is 4.90 Å². The standard InChI is InChI=1S/C21H25N3OS/c1-14-7-6-8-17(13-14)20(25)24(12-11-23(4)5)21-22-19-16(3)15(2)9-10-18(19)26-21/h6-10,13H,11-12H2,1-5H3. The fraction of sp³-hybridized carbons (Fsp3) is 0.333. The Hall–Kier alpha value is -2.24. The van der Waals surface area contributed by atoms with Crippen molar-refractivity contribution < 1.29 is 4.79 Å². The first kappa shape index (κ1) is 18.5. The Bertz CT molecular complexity index is 946. The molecule has 0 spiro atoms. The summed E-state index contributed by atoms with van der Waals surface area (Å²) in [5, 5.41) is 0.766. The van der Waals surface area contributed by atoms with Crippen LogP contribution in [0.1, 0.15) is 27.0 Å². The van der Waals surface area contributed by atoms with Gasteiger partial charge in [0.2, 0.25) is 0 Å². The van der Waals surface area contributed by atoms with Gasteiger partial charge in [-0.05, 0) is 64.2 Å². The molecule has 0 aliphatic heterocycles. The lowest BCUT2D eigenvalue weighted by Gasteiger charge is -2.22. The minimum atomic E-state index is 0.00369. The molecular formula is C21H25N3OS. The smallest absolute Gasteiger partial charge is 0.260 e. The molecule has 0 fully saturated rings. The molecule has 1 aromatic heterocycles. The van der Waals surface area contributed by atoms with Crippen LogP contribution in [0.4, 0.5) is 5.13 Å². The van der Waals surface area contributed by atoms with Crippen molar-refractivity contribution in [1.82, 2.24) is 9.88 Å². The number of benzene rings is 2. The molecule has 1 amide bonds. The van der Waals surface area contributed by atoms with Crippen molar-refractivity contribution >= 4 is 32.6 Å². The number of aromatic nitrogens is 1. The molecule has 0 saturated carbocycles. The van der Waals surface area contributed by atoms with E-state index in [1.165, 1.54) is 11.1 Å². The van der Waals surface area contributed by atoms with E-state index in [1.807, 2.05) is 50.2 Å². The number of hydrogen-bond donors (Lipinski definition) is 0. The fourth-order valence-corrected chi connectivity index (χ4v) is 3.90. The van der Waals surface area contributed by atoms with Crippen LogP contribution in [0.2, 0.25) is 0 Å². The summed E-state index contributed by atoms with van der Waals surface area (Å²) < 4.78 is 1.12. The van der Waals surface area contributed by atoms with Crippen LogP contribution in [-0.2, 0) is 0 Å². The van der Waals surface area contributed by atoms with Crippen LogP contribution in [0.25, 0.3) is 10.2 Å². The number of rotatable bonds is 5. The number of nitrogens with zero attached hydrogens (tertiary/aromatic N) is 3. The van der Waals surface area contributed by atoms with Crippen LogP contribution in [0.15, 0.2) is 36.4 Å². The first-order chi connectivity index (χ1) is 12.4. The highest BCUT2D eigenvalue weighted by Crippen LogP contribution is 2.32. The molecule has 0 bridgehead atoms. The summed E-state index contributed by atoms with van der Waals surface area (Å²) in [7, 11) is 4.03. The second kappa shape index (κ2) is 7.56. The van der Waals surface area contributed by atoms with Crippen LogP contribution in [0.5, 0.6) is 0 Å². The van der Waals surface area contributed by atoms with Gasteiger partial charge in [-0.3, -0.25) is 9.69 Å². The monoisotopic (exact) mass is 367 g/mol. The number of amides is 1. The van der Waals surface area contributed by atoms with Crippen molar-refractivity contribution in [2.75, 3.05) is 32.1 Å². The molecule has 3 rings (SSSR count). The third-order valence-corrected chi connectivity index (χ3v) is 5.63. The Morgan fingerprint density at radius 2 is 1.85 bits per heavy atom. The zero-order valence-electron chi connectivity index (χ0n) is 16.0. The number of carbonyl (C=O) groups excluding carboxylic acids is 1. The Balaban J connectivity index is 2.03. The molecule has 136 valence electrons. The van der Waals surface area contributed by atoms with Crippen molar-refractivity contribution in [3.05, 3.63) is 58.7 Å². The molecule has 1 heterocycles. The number of anilines is 1. The first-order valence-electron chi connectivity index (χ1n) is 8.77. The average Bonchev–Trinajstić information content (AvgIpc) is 3.02. The first-order valence-corrected chi connectivity index (χ1v) is 9.58. The molecule has 5 heteroatoms. The van der Waals surface area contributed by atoms with Crippen LogP contribution in [0, 0.1) is 20.8 Å². The number of fused-ring (bicyclic) bond motifs is 1. The largest absolute Gasteiger partial charge is 0.308 e. The highest BCUT2D eigenvalue weighted by Gasteiger charge is 2.22. The summed E-state index contributed by atoms with van der Waals surface area (Å²) in [5.41, 5.74) is 5.19. The van der Waals surface area contributed by atoms with E-state index in [2.05, 4.69) is 30.9 Å². The van der Waals surface area contributed by atoms with Gasteiger partial charge in [-0.15, -0.1) is 0 Å².